The van der Waals surface area contributed by atoms with E-state index in [2.05, 4.69) is 13.5 Å². The van der Waals surface area contributed by atoms with Crippen LogP contribution in [0, 0.1) is 17.3 Å². The summed E-state index contributed by atoms with van der Waals surface area (Å²) in [6, 6.07) is 0. The van der Waals surface area contributed by atoms with Crippen LogP contribution in [0.1, 0.15) is 91.4 Å². The second kappa shape index (κ2) is 13.8. The Morgan fingerprint density at radius 2 is 1.54 bits per heavy atom. The third-order valence-electron chi connectivity index (χ3n) is 8.11. The number of Topliss-reactive ketones (excluding diaryl/α,β-unsaturated/α-hetero) is 1. The Bertz CT molecular complexity index is 746. The van der Waals surface area contributed by atoms with Crippen molar-refractivity contribution in [2.45, 2.75) is 104 Å². The highest BCUT2D eigenvalue weighted by Crippen LogP contribution is 2.46. The molecule has 198 valence electrons. The van der Waals surface area contributed by atoms with Crippen LogP contribution in [0.4, 0.5) is 0 Å². The second-order valence-corrected chi connectivity index (χ2v) is 10.9. The van der Waals surface area contributed by atoms with Crippen LogP contribution in [0.25, 0.3) is 0 Å². The van der Waals surface area contributed by atoms with Crippen molar-refractivity contribution >= 4 is 11.6 Å². The lowest BCUT2D eigenvalue weighted by Crippen LogP contribution is -2.35. The summed E-state index contributed by atoms with van der Waals surface area (Å²) >= 11 is 0. The lowest BCUT2D eigenvalue weighted by Gasteiger charge is -2.40. The van der Waals surface area contributed by atoms with Crippen LogP contribution < -0.4 is 0 Å². The number of ether oxygens (including phenoxy) is 4. The fourth-order valence-corrected chi connectivity index (χ4v) is 5.30. The van der Waals surface area contributed by atoms with Gasteiger partial charge in [-0.15, -0.1) is 0 Å². The second-order valence-electron chi connectivity index (χ2n) is 10.9. The third-order valence-corrected chi connectivity index (χ3v) is 8.11. The minimum atomic E-state index is -0.0839. The van der Waals surface area contributed by atoms with Gasteiger partial charge < -0.3 is 18.9 Å². The summed E-state index contributed by atoms with van der Waals surface area (Å²) in [6.45, 7) is 13.4. The molecule has 0 aromatic carbocycles. The van der Waals surface area contributed by atoms with Gasteiger partial charge in [0.2, 0.25) is 0 Å². The van der Waals surface area contributed by atoms with Crippen LogP contribution in [0.5, 0.6) is 0 Å². The molecule has 6 nitrogen and oxygen atoms in total. The van der Waals surface area contributed by atoms with Crippen molar-refractivity contribution in [3.8, 4) is 0 Å². The maximum atomic E-state index is 12.1. The lowest BCUT2D eigenvalue weighted by molar-refractivity contribution is -0.184. The number of carbonyl (C=O) groups is 2. The predicted octanol–water partition coefficient (Wildman–Crippen LogP) is 5.94. The average Bonchev–Trinajstić information content (AvgIpc) is 2.87. The van der Waals surface area contributed by atoms with Crippen LogP contribution in [0.3, 0.4) is 0 Å². The molecule has 6 heteroatoms. The van der Waals surface area contributed by atoms with Gasteiger partial charge in [0.05, 0.1) is 26.4 Å². The van der Waals surface area contributed by atoms with E-state index in [-0.39, 0.29) is 35.6 Å². The Balaban J connectivity index is 0.000000198. The van der Waals surface area contributed by atoms with E-state index in [9.17, 15) is 9.59 Å². The maximum absolute atomic E-state index is 12.1. The van der Waals surface area contributed by atoms with Crippen molar-refractivity contribution in [1.29, 1.82) is 0 Å². The van der Waals surface area contributed by atoms with Gasteiger partial charge in [-0.25, -0.2) is 0 Å². The van der Waals surface area contributed by atoms with Crippen molar-refractivity contribution in [3.05, 3.63) is 23.8 Å². The molecule has 0 aromatic rings. The number of allylic oxidation sites excluding steroid dienone is 3. The highest BCUT2D eigenvalue weighted by molar-refractivity contribution is 5.92. The molecule has 1 saturated carbocycles. The molecule has 0 bridgehead atoms. The third kappa shape index (κ3) is 8.63. The summed E-state index contributed by atoms with van der Waals surface area (Å²) in [5.41, 5.74) is 2.39. The van der Waals surface area contributed by atoms with Crippen molar-refractivity contribution in [3.63, 3.8) is 0 Å². The summed E-state index contributed by atoms with van der Waals surface area (Å²) in [5, 5.41) is 0. The minimum Gasteiger partial charge on any atom is -0.353 e. The Kier molecular flexibility index (Phi) is 11.2. The molecule has 0 amide bonds. The maximum Gasteiger partial charge on any atom is 0.158 e. The van der Waals surface area contributed by atoms with E-state index in [0.717, 1.165) is 96.2 Å². The van der Waals surface area contributed by atoms with Gasteiger partial charge in [0.25, 0.3) is 0 Å². The summed E-state index contributed by atoms with van der Waals surface area (Å²) in [6.07, 6.45) is 12.1. The molecule has 0 spiro atoms. The standard InChI is InChI=1S/C16H26O3.C13H20O3/c1-12(2)16(7-5-13(3)14(17)11-16)8-6-15-18-9-4-10-19-15;1-10-3-4-11(9-12(10)14)5-6-13-15-7-2-8-16-13/h13,15H,1,4-11H2,2-3H3;9-10,13H,2-8H2,1H3. The van der Waals surface area contributed by atoms with E-state index < -0.39 is 0 Å². The number of rotatable bonds is 7. The van der Waals surface area contributed by atoms with Crippen molar-refractivity contribution in [2.24, 2.45) is 17.3 Å². The molecule has 3 fully saturated rings. The quantitative estimate of drug-likeness (QED) is 0.412. The van der Waals surface area contributed by atoms with Gasteiger partial charge in [-0.2, -0.15) is 0 Å². The molecule has 3 unspecified atom stereocenters. The fraction of sp³-hybridized carbons (Fsp3) is 0.793. The van der Waals surface area contributed by atoms with Crippen molar-refractivity contribution < 1.29 is 28.5 Å². The number of hydrogen-bond acceptors (Lipinski definition) is 6. The van der Waals surface area contributed by atoms with Crippen LogP contribution in [-0.2, 0) is 28.5 Å². The van der Waals surface area contributed by atoms with Gasteiger partial charge in [0, 0.05) is 24.7 Å². The number of carbonyl (C=O) groups excluding carboxylic acids is 2. The van der Waals surface area contributed by atoms with E-state index >= 15 is 0 Å². The molecule has 2 aliphatic carbocycles. The molecular formula is C29H46O6. The highest BCUT2D eigenvalue weighted by atomic mass is 16.7. The Morgan fingerprint density at radius 3 is 2.09 bits per heavy atom. The van der Waals surface area contributed by atoms with Gasteiger partial charge in [-0.3, -0.25) is 9.59 Å². The average molecular weight is 491 g/mol. The zero-order valence-corrected chi connectivity index (χ0v) is 22.1. The number of ketones is 2. The smallest absolute Gasteiger partial charge is 0.158 e. The first-order valence-corrected chi connectivity index (χ1v) is 13.7. The molecule has 2 aliphatic heterocycles. The fourth-order valence-electron chi connectivity index (χ4n) is 5.30. The van der Waals surface area contributed by atoms with Gasteiger partial charge >= 0.3 is 0 Å². The van der Waals surface area contributed by atoms with Gasteiger partial charge in [0.1, 0.15) is 5.78 Å². The first-order chi connectivity index (χ1) is 16.8. The van der Waals surface area contributed by atoms with Crippen LogP contribution in [0.15, 0.2) is 23.8 Å². The highest BCUT2D eigenvalue weighted by Gasteiger charge is 2.39. The van der Waals surface area contributed by atoms with E-state index in [4.69, 9.17) is 18.9 Å². The largest absolute Gasteiger partial charge is 0.353 e. The monoisotopic (exact) mass is 490 g/mol. The topological polar surface area (TPSA) is 71.1 Å². The van der Waals surface area contributed by atoms with E-state index in [1.165, 1.54) is 5.57 Å². The molecule has 2 heterocycles. The molecule has 2 saturated heterocycles. The summed E-state index contributed by atoms with van der Waals surface area (Å²) in [7, 11) is 0. The van der Waals surface area contributed by atoms with Crippen molar-refractivity contribution in [1.82, 2.24) is 0 Å². The predicted molar refractivity (Wildman–Crippen MR) is 136 cm³/mol. The van der Waals surface area contributed by atoms with Gasteiger partial charge in [0.15, 0.2) is 18.4 Å². The summed E-state index contributed by atoms with van der Waals surface area (Å²) in [5.74, 6) is 1.10. The first-order valence-electron chi connectivity index (χ1n) is 13.7. The molecule has 0 N–H and O–H groups in total. The zero-order chi connectivity index (χ0) is 25.3. The minimum absolute atomic E-state index is 0.0201. The SMILES string of the molecule is C=C(C)C1(CCC2OCCCO2)CCC(C)C(=O)C1.CC1CCC(CCC2OCCCO2)=CC1=O. The van der Waals surface area contributed by atoms with E-state index in [0.29, 0.717) is 12.2 Å². The molecule has 3 atom stereocenters. The molecular weight excluding hydrogens is 444 g/mol. The van der Waals surface area contributed by atoms with Gasteiger partial charge in [-0.05, 0) is 76.2 Å². The molecule has 4 aliphatic rings. The Morgan fingerprint density at radius 1 is 0.943 bits per heavy atom. The normalized spacial score (nSPS) is 30.9. The van der Waals surface area contributed by atoms with E-state index in [1.54, 1.807) is 0 Å². The molecule has 35 heavy (non-hydrogen) atoms. The Hall–Kier alpha value is -1.34. The molecule has 0 aromatic heterocycles. The van der Waals surface area contributed by atoms with Crippen LogP contribution in [0.2, 0.25) is 0 Å². The number of hydrogen-bond donors (Lipinski definition) is 0. The van der Waals surface area contributed by atoms with Crippen LogP contribution in [-0.4, -0.2) is 50.6 Å². The van der Waals surface area contributed by atoms with Gasteiger partial charge in [-0.1, -0.05) is 31.6 Å². The zero-order valence-electron chi connectivity index (χ0n) is 22.1. The lowest BCUT2D eigenvalue weighted by atomic mass is 9.64. The Labute approximate surface area is 211 Å². The molecule has 4 rings (SSSR count). The first kappa shape index (κ1) is 28.2. The van der Waals surface area contributed by atoms with E-state index in [1.807, 2.05) is 19.9 Å². The summed E-state index contributed by atoms with van der Waals surface area (Å²) < 4.78 is 22.2. The summed E-state index contributed by atoms with van der Waals surface area (Å²) in [4.78, 5) is 23.6. The van der Waals surface area contributed by atoms with Crippen molar-refractivity contribution in [2.75, 3.05) is 26.4 Å². The molecule has 0 radical (unpaired) electrons. The van der Waals surface area contributed by atoms with Crippen LogP contribution >= 0.6 is 0 Å².